The molecule has 0 spiro atoms. The second-order valence-corrected chi connectivity index (χ2v) is 6.20. The molecule has 25 heavy (non-hydrogen) atoms. The quantitative estimate of drug-likeness (QED) is 0.820. The van der Waals surface area contributed by atoms with E-state index < -0.39 is 0 Å². The van der Waals surface area contributed by atoms with E-state index >= 15 is 0 Å². The highest BCUT2D eigenvalue weighted by molar-refractivity contribution is 5.76. The summed E-state index contributed by atoms with van der Waals surface area (Å²) in [5.41, 5.74) is 1.74. The molecule has 0 aromatic carbocycles. The van der Waals surface area contributed by atoms with Crippen molar-refractivity contribution in [1.29, 1.82) is 0 Å². The molecule has 7 nitrogen and oxygen atoms in total. The summed E-state index contributed by atoms with van der Waals surface area (Å²) in [6.45, 7) is 1.65. The number of carbonyl (C=O) groups is 1. The average Bonchev–Trinajstić information content (AvgIpc) is 2.67. The Hall–Kier alpha value is -2.54. The first-order valence-electron chi connectivity index (χ1n) is 8.43. The van der Waals surface area contributed by atoms with Gasteiger partial charge in [0.1, 0.15) is 6.10 Å². The summed E-state index contributed by atoms with van der Waals surface area (Å²) in [5, 5.41) is 0. The van der Waals surface area contributed by atoms with E-state index in [1.165, 1.54) is 0 Å². The van der Waals surface area contributed by atoms with Crippen molar-refractivity contribution < 1.29 is 9.53 Å². The van der Waals surface area contributed by atoms with Crippen LogP contribution in [-0.4, -0.2) is 59.6 Å². The van der Waals surface area contributed by atoms with Crippen LogP contribution in [0.15, 0.2) is 36.7 Å². The van der Waals surface area contributed by atoms with Gasteiger partial charge in [-0.05, 0) is 24.6 Å². The maximum absolute atomic E-state index is 12.5. The Bertz CT molecular complexity index is 708. The Morgan fingerprint density at radius 1 is 1.28 bits per heavy atom. The summed E-state index contributed by atoms with van der Waals surface area (Å²) in [4.78, 5) is 29.2. The maximum Gasteiger partial charge on any atom is 0.225 e. The van der Waals surface area contributed by atoms with E-state index in [1.54, 1.807) is 12.4 Å². The van der Waals surface area contributed by atoms with E-state index in [9.17, 15) is 4.79 Å². The number of nitrogens with zero attached hydrogens (tertiary/aromatic N) is 5. The largest absolute Gasteiger partial charge is 0.368 e. The number of morpholine rings is 1. The van der Waals surface area contributed by atoms with Crippen molar-refractivity contribution in [2.24, 2.45) is 0 Å². The zero-order valence-corrected chi connectivity index (χ0v) is 14.6. The summed E-state index contributed by atoms with van der Waals surface area (Å²) in [7, 11) is 3.79. The first-order chi connectivity index (χ1) is 12.1. The monoisotopic (exact) mass is 341 g/mol. The third kappa shape index (κ3) is 4.51. The third-order valence-corrected chi connectivity index (χ3v) is 4.13. The summed E-state index contributed by atoms with van der Waals surface area (Å²) in [5.74, 6) is 0.764. The van der Waals surface area contributed by atoms with Crippen LogP contribution in [0, 0.1) is 0 Å². The molecular formula is C18H23N5O2. The summed E-state index contributed by atoms with van der Waals surface area (Å²) in [6.07, 6.45) is 4.37. The molecule has 3 heterocycles. The van der Waals surface area contributed by atoms with Gasteiger partial charge in [-0.25, -0.2) is 9.97 Å². The van der Waals surface area contributed by atoms with Crippen molar-refractivity contribution in [1.82, 2.24) is 19.9 Å². The molecule has 1 amide bonds. The normalized spacial score (nSPS) is 17.4. The van der Waals surface area contributed by atoms with Crippen LogP contribution in [0.5, 0.6) is 0 Å². The Morgan fingerprint density at radius 2 is 2.16 bits per heavy atom. The molecule has 1 aliphatic rings. The Kier molecular flexibility index (Phi) is 5.55. The van der Waals surface area contributed by atoms with Crippen molar-refractivity contribution in [3.05, 3.63) is 48.0 Å². The molecule has 0 saturated carbocycles. The number of carbonyl (C=O) groups excluding carboxylic acids is 1. The minimum Gasteiger partial charge on any atom is -0.368 e. The van der Waals surface area contributed by atoms with Gasteiger partial charge >= 0.3 is 0 Å². The van der Waals surface area contributed by atoms with Gasteiger partial charge in [0.05, 0.1) is 18.8 Å². The van der Waals surface area contributed by atoms with Gasteiger partial charge in [0.2, 0.25) is 11.9 Å². The van der Waals surface area contributed by atoms with Gasteiger partial charge in [0, 0.05) is 45.1 Å². The van der Waals surface area contributed by atoms with Gasteiger partial charge < -0.3 is 14.5 Å². The van der Waals surface area contributed by atoms with Crippen molar-refractivity contribution in [3.8, 4) is 0 Å². The number of pyridine rings is 1. The molecule has 0 radical (unpaired) electrons. The van der Waals surface area contributed by atoms with E-state index in [4.69, 9.17) is 4.74 Å². The second kappa shape index (κ2) is 8.02. The zero-order chi connectivity index (χ0) is 17.6. The van der Waals surface area contributed by atoms with Gasteiger partial charge in [-0.1, -0.05) is 6.07 Å². The van der Waals surface area contributed by atoms with Crippen molar-refractivity contribution >= 4 is 11.9 Å². The number of rotatable bonds is 5. The molecule has 1 atom stereocenters. The molecule has 7 heteroatoms. The van der Waals surface area contributed by atoms with E-state index in [2.05, 4.69) is 15.0 Å². The molecule has 1 aliphatic heterocycles. The number of aryl methyl sites for hydroxylation is 1. The van der Waals surface area contributed by atoms with Crippen molar-refractivity contribution in [3.63, 3.8) is 0 Å². The highest BCUT2D eigenvalue weighted by Crippen LogP contribution is 2.22. The predicted octanol–water partition coefficient (Wildman–Crippen LogP) is 1.47. The lowest BCUT2D eigenvalue weighted by atomic mass is 10.1. The fourth-order valence-corrected chi connectivity index (χ4v) is 2.75. The highest BCUT2D eigenvalue weighted by Gasteiger charge is 2.26. The lowest BCUT2D eigenvalue weighted by Gasteiger charge is -2.33. The van der Waals surface area contributed by atoms with Crippen LogP contribution in [0.4, 0.5) is 5.95 Å². The molecule has 0 unspecified atom stereocenters. The molecule has 3 rings (SSSR count). The third-order valence-electron chi connectivity index (χ3n) is 4.13. The van der Waals surface area contributed by atoms with Crippen LogP contribution in [0.1, 0.15) is 23.9 Å². The average molecular weight is 341 g/mol. The van der Waals surface area contributed by atoms with Crippen LogP contribution >= 0.6 is 0 Å². The van der Waals surface area contributed by atoms with E-state index in [0.29, 0.717) is 38.5 Å². The van der Waals surface area contributed by atoms with E-state index in [1.807, 2.05) is 48.2 Å². The standard InChI is InChI=1S/C18H23N5O2/c1-22(2)18-20-10-8-15(21-18)16-13-23(11-12-25-16)17(24)7-6-14-5-3-4-9-19-14/h3-5,8-10,16H,6-7,11-13H2,1-2H3/t16-/m1/s1. The van der Waals surface area contributed by atoms with Gasteiger partial charge in [0.25, 0.3) is 0 Å². The first-order valence-corrected chi connectivity index (χ1v) is 8.43. The van der Waals surface area contributed by atoms with E-state index in [-0.39, 0.29) is 12.0 Å². The topological polar surface area (TPSA) is 71.5 Å². The smallest absolute Gasteiger partial charge is 0.225 e. The fraction of sp³-hybridized carbons (Fsp3) is 0.444. The van der Waals surface area contributed by atoms with Crippen LogP contribution in [0.3, 0.4) is 0 Å². The van der Waals surface area contributed by atoms with Crippen LogP contribution in [-0.2, 0) is 16.0 Å². The lowest BCUT2D eigenvalue weighted by Crippen LogP contribution is -2.42. The van der Waals surface area contributed by atoms with Crippen LogP contribution in [0.2, 0.25) is 0 Å². The number of hydrogen-bond donors (Lipinski definition) is 0. The number of anilines is 1. The Morgan fingerprint density at radius 3 is 2.92 bits per heavy atom. The summed E-state index contributed by atoms with van der Waals surface area (Å²) in [6, 6.07) is 7.61. The Balaban J connectivity index is 1.60. The van der Waals surface area contributed by atoms with Gasteiger partial charge in [-0.2, -0.15) is 0 Å². The van der Waals surface area contributed by atoms with Gasteiger partial charge in [0.15, 0.2) is 0 Å². The van der Waals surface area contributed by atoms with E-state index in [0.717, 1.165) is 11.4 Å². The summed E-state index contributed by atoms with van der Waals surface area (Å²) < 4.78 is 5.83. The van der Waals surface area contributed by atoms with Gasteiger partial charge in [-0.15, -0.1) is 0 Å². The summed E-state index contributed by atoms with van der Waals surface area (Å²) >= 11 is 0. The lowest BCUT2D eigenvalue weighted by molar-refractivity contribution is -0.139. The second-order valence-electron chi connectivity index (χ2n) is 6.20. The number of ether oxygens (including phenoxy) is 1. The minimum atomic E-state index is -0.214. The number of hydrogen-bond acceptors (Lipinski definition) is 6. The molecule has 0 N–H and O–H groups in total. The minimum absolute atomic E-state index is 0.126. The molecule has 2 aromatic heterocycles. The Labute approximate surface area is 147 Å². The zero-order valence-electron chi connectivity index (χ0n) is 14.6. The molecule has 1 fully saturated rings. The molecule has 0 aliphatic carbocycles. The van der Waals surface area contributed by atoms with Crippen molar-refractivity contribution in [2.45, 2.75) is 18.9 Å². The van der Waals surface area contributed by atoms with Crippen LogP contribution in [0.25, 0.3) is 0 Å². The molecular weight excluding hydrogens is 318 g/mol. The molecule has 132 valence electrons. The number of amides is 1. The number of aromatic nitrogens is 3. The highest BCUT2D eigenvalue weighted by atomic mass is 16.5. The first kappa shape index (κ1) is 17.3. The fourth-order valence-electron chi connectivity index (χ4n) is 2.75. The van der Waals surface area contributed by atoms with Crippen LogP contribution < -0.4 is 4.90 Å². The SMILES string of the molecule is CN(C)c1nccc([C@H]2CN(C(=O)CCc3ccccn3)CCO2)n1. The molecule has 2 aromatic rings. The maximum atomic E-state index is 12.5. The molecule has 0 bridgehead atoms. The van der Waals surface area contributed by atoms with Gasteiger partial charge in [-0.3, -0.25) is 9.78 Å². The van der Waals surface area contributed by atoms with Crippen molar-refractivity contribution in [2.75, 3.05) is 38.7 Å². The predicted molar refractivity (Wildman–Crippen MR) is 94.2 cm³/mol. The molecule has 1 saturated heterocycles.